The number of thiophene rings is 2. The largest absolute Gasteiger partial charge is 0.323 e. The first kappa shape index (κ1) is 11.4. The fourth-order valence-electron chi connectivity index (χ4n) is 1.31. The fourth-order valence-corrected chi connectivity index (χ4v) is 3.51. The van der Waals surface area contributed by atoms with Crippen LogP contribution in [0.25, 0.3) is 0 Å². The van der Waals surface area contributed by atoms with Gasteiger partial charge in [0, 0.05) is 22.2 Å². The van der Waals surface area contributed by atoms with E-state index in [4.69, 9.17) is 28.9 Å². The molecule has 2 heterocycles. The monoisotopic (exact) mass is 277 g/mol. The summed E-state index contributed by atoms with van der Waals surface area (Å²) in [6.45, 7) is 0. The van der Waals surface area contributed by atoms with Crippen molar-refractivity contribution in [2.24, 2.45) is 5.73 Å². The van der Waals surface area contributed by atoms with Gasteiger partial charge in [-0.3, -0.25) is 0 Å². The molecule has 80 valence electrons. The molecule has 15 heavy (non-hydrogen) atoms. The second kappa shape index (κ2) is 4.85. The predicted octanol–water partition coefficient (Wildman–Crippen LogP) is 4.36. The van der Waals surface area contributed by atoms with Crippen LogP contribution in [0.4, 0.5) is 0 Å². The molecule has 0 aliphatic carbocycles. The van der Waals surface area contributed by atoms with Gasteiger partial charge in [0.1, 0.15) is 0 Å². The van der Waals surface area contributed by atoms with E-state index in [0.717, 1.165) is 20.0 Å². The minimum Gasteiger partial charge on any atom is -0.323 e. The lowest BCUT2D eigenvalue weighted by molar-refractivity contribution is 0.745. The molecule has 0 amide bonds. The van der Waals surface area contributed by atoms with Crippen molar-refractivity contribution in [3.05, 3.63) is 42.7 Å². The van der Waals surface area contributed by atoms with E-state index in [2.05, 4.69) is 0 Å². The standard InChI is InChI=1S/C10H9Cl2NS2/c11-9-3-1-6(14-9)5-7(13)8-2-4-10(12)15-8/h1-4,7H,5,13H2. The van der Waals surface area contributed by atoms with Crippen molar-refractivity contribution in [3.63, 3.8) is 0 Å². The van der Waals surface area contributed by atoms with E-state index in [1.807, 2.05) is 24.3 Å². The highest BCUT2D eigenvalue weighted by molar-refractivity contribution is 7.16. The Morgan fingerprint density at radius 1 is 1.07 bits per heavy atom. The topological polar surface area (TPSA) is 26.0 Å². The van der Waals surface area contributed by atoms with E-state index in [0.29, 0.717) is 0 Å². The summed E-state index contributed by atoms with van der Waals surface area (Å²) in [5.74, 6) is 0. The van der Waals surface area contributed by atoms with Crippen LogP contribution < -0.4 is 5.73 Å². The summed E-state index contributed by atoms with van der Waals surface area (Å²) in [5.41, 5.74) is 6.06. The molecular weight excluding hydrogens is 269 g/mol. The Hall–Kier alpha value is -0.0600. The van der Waals surface area contributed by atoms with Crippen LogP contribution in [0, 0.1) is 0 Å². The van der Waals surface area contributed by atoms with Crippen LogP contribution >= 0.6 is 45.9 Å². The first-order valence-corrected chi connectivity index (χ1v) is 6.79. The lowest BCUT2D eigenvalue weighted by Gasteiger charge is -2.06. The Kier molecular flexibility index (Phi) is 3.69. The molecule has 0 saturated heterocycles. The van der Waals surface area contributed by atoms with Crippen LogP contribution in [-0.4, -0.2) is 0 Å². The molecule has 0 spiro atoms. The van der Waals surface area contributed by atoms with Gasteiger partial charge >= 0.3 is 0 Å². The smallest absolute Gasteiger partial charge is 0.0931 e. The zero-order valence-electron chi connectivity index (χ0n) is 7.74. The predicted molar refractivity (Wildman–Crippen MR) is 69.3 cm³/mol. The van der Waals surface area contributed by atoms with Gasteiger partial charge in [-0.05, 0) is 24.3 Å². The van der Waals surface area contributed by atoms with Gasteiger partial charge in [-0.25, -0.2) is 0 Å². The van der Waals surface area contributed by atoms with E-state index >= 15 is 0 Å². The van der Waals surface area contributed by atoms with Crippen LogP contribution in [0.5, 0.6) is 0 Å². The molecule has 1 unspecified atom stereocenters. The van der Waals surface area contributed by atoms with E-state index in [9.17, 15) is 0 Å². The minimum absolute atomic E-state index is 0.0113. The minimum atomic E-state index is 0.0113. The zero-order valence-corrected chi connectivity index (χ0v) is 10.9. The molecule has 0 aliphatic heterocycles. The maximum atomic E-state index is 6.06. The number of halogens is 2. The number of nitrogens with two attached hydrogens (primary N) is 1. The maximum Gasteiger partial charge on any atom is 0.0931 e. The van der Waals surface area contributed by atoms with E-state index < -0.39 is 0 Å². The number of hydrogen-bond donors (Lipinski definition) is 1. The van der Waals surface area contributed by atoms with Gasteiger partial charge in [0.15, 0.2) is 0 Å². The van der Waals surface area contributed by atoms with E-state index in [1.165, 1.54) is 16.2 Å². The summed E-state index contributed by atoms with van der Waals surface area (Å²) < 4.78 is 1.59. The van der Waals surface area contributed by atoms with Gasteiger partial charge in [-0.1, -0.05) is 23.2 Å². The lowest BCUT2D eigenvalue weighted by Crippen LogP contribution is -2.10. The fraction of sp³-hybridized carbons (Fsp3) is 0.200. The highest BCUT2D eigenvalue weighted by Gasteiger charge is 2.10. The van der Waals surface area contributed by atoms with Crippen LogP contribution in [0.2, 0.25) is 8.67 Å². The molecule has 0 fully saturated rings. The van der Waals surface area contributed by atoms with Crippen LogP contribution in [0.1, 0.15) is 15.8 Å². The van der Waals surface area contributed by atoms with Crippen LogP contribution in [-0.2, 0) is 6.42 Å². The maximum absolute atomic E-state index is 6.06. The third-order valence-electron chi connectivity index (χ3n) is 2.01. The Labute approximate surface area is 106 Å². The lowest BCUT2D eigenvalue weighted by atomic mass is 10.1. The molecule has 1 atom stereocenters. The quantitative estimate of drug-likeness (QED) is 0.887. The Morgan fingerprint density at radius 3 is 2.27 bits per heavy atom. The van der Waals surface area contributed by atoms with Gasteiger partial charge in [-0.15, -0.1) is 22.7 Å². The van der Waals surface area contributed by atoms with Crippen molar-refractivity contribution in [1.29, 1.82) is 0 Å². The van der Waals surface area contributed by atoms with Crippen molar-refractivity contribution in [1.82, 2.24) is 0 Å². The third kappa shape index (κ3) is 2.95. The highest BCUT2D eigenvalue weighted by Crippen LogP contribution is 2.30. The molecule has 2 aromatic rings. The molecule has 0 saturated carbocycles. The first-order chi connectivity index (χ1) is 7.15. The molecule has 1 nitrogen and oxygen atoms in total. The molecule has 0 aliphatic rings. The van der Waals surface area contributed by atoms with Crippen molar-refractivity contribution in [3.8, 4) is 0 Å². The summed E-state index contributed by atoms with van der Waals surface area (Å²) in [6.07, 6.45) is 0.814. The molecule has 0 aromatic carbocycles. The molecule has 0 bridgehead atoms. The molecule has 2 aromatic heterocycles. The van der Waals surface area contributed by atoms with E-state index in [1.54, 1.807) is 11.3 Å². The molecule has 2 N–H and O–H groups in total. The van der Waals surface area contributed by atoms with E-state index in [-0.39, 0.29) is 6.04 Å². The van der Waals surface area contributed by atoms with Gasteiger partial charge in [-0.2, -0.15) is 0 Å². The summed E-state index contributed by atoms with van der Waals surface area (Å²) in [4.78, 5) is 2.32. The first-order valence-electron chi connectivity index (χ1n) is 4.40. The van der Waals surface area contributed by atoms with Gasteiger partial charge in [0.05, 0.1) is 8.67 Å². The van der Waals surface area contributed by atoms with Gasteiger partial charge in [0.25, 0.3) is 0 Å². The summed E-state index contributed by atoms with van der Waals surface area (Å²) in [7, 11) is 0. The second-order valence-electron chi connectivity index (χ2n) is 3.16. The number of rotatable bonds is 3. The van der Waals surface area contributed by atoms with Gasteiger partial charge in [0.2, 0.25) is 0 Å². The number of hydrogen-bond acceptors (Lipinski definition) is 3. The zero-order chi connectivity index (χ0) is 10.8. The molecule has 2 rings (SSSR count). The molecule has 5 heteroatoms. The summed E-state index contributed by atoms with van der Waals surface area (Å²) in [5, 5.41) is 0. The molecule has 0 radical (unpaired) electrons. The third-order valence-corrected chi connectivity index (χ3v) is 4.63. The summed E-state index contributed by atoms with van der Waals surface area (Å²) >= 11 is 14.8. The van der Waals surface area contributed by atoms with Crippen molar-refractivity contribution < 1.29 is 0 Å². The molecular formula is C10H9Cl2NS2. The Morgan fingerprint density at radius 2 is 1.73 bits per heavy atom. The summed E-state index contributed by atoms with van der Waals surface area (Å²) in [6, 6.07) is 7.78. The normalized spacial score (nSPS) is 13.0. The SMILES string of the molecule is NC(Cc1ccc(Cl)s1)c1ccc(Cl)s1. The Bertz CT molecular complexity index is 450. The van der Waals surface area contributed by atoms with Gasteiger partial charge < -0.3 is 5.73 Å². The Balaban J connectivity index is 2.06. The van der Waals surface area contributed by atoms with Crippen molar-refractivity contribution >= 4 is 45.9 Å². The second-order valence-corrected chi connectivity index (χ2v) is 6.70. The average Bonchev–Trinajstić information content (AvgIpc) is 2.75. The van der Waals surface area contributed by atoms with Crippen molar-refractivity contribution in [2.45, 2.75) is 12.5 Å². The van der Waals surface area contributed by atoms with Crippen LogP contribution in [0.15, 0.2) is 24.3 Å². The average molecular weight is 278 g/mol. The van der Waals surface area contributed by atoms with Crippen molar-refractivity contribution in [2.75, 3.05) is 0 Å². The highest BCUT2D eigenvalue weighted by atomic mass is 35.5. The van der Waals surface area contributed by atoms with Crippen LogP contribution in [0.3, 0.4) is 0 Å².